The Morgan fingerprint density at radius 3 is 2.90 bits per heavy atom. The van der Waals surface area contributed by atoms with Crippen molar-refractivity contribution < 1.29 is 9.72 Å². The Morgan fingerprint density at radius 2 is 2.25 bits per heavy atom. The van der Waals surface area contributed by atoms with E-state index in [1.54, 1.807) is 0 Å². The molecule has 1 aromatic carbocycles. The van der Waals surface area contributed by atoms with Gasteiger partial charge in [0.1, 0.15) is 5.56 Å². The topological polar surface area (TPSA) is 98.3 Å². The van der Waals surface area contributed by atoms with E-state index in [2.05, 4.69) is 5.32 Å². The van der Waals surface area contributed by atoms with Crippen LogP contribution in [0.2, 0.25) is 5.02 Å². The first-order valence-corrected chi connectivity index (χ1v) is 6.86. The van der Waals surface area contributed by atoms with Crippen molar-refractivity contribution in [2.45, 2.75) is 25.3 Å². The number of nitrogens with zero attached hydrogens (tertiary/aromatic N) is 1. The minimum atomic E-state index is -0.601. The number of hydrogen-bond donors (Lipinski definition) is 2. The van der Waals surface area contributed by atoms with Gasteiger partial charge in [-0.25, -0.2) is 0 Å². The minimum Gasteiger partial charge on any atom is -0.349 e. The lowest BCUT2D eigenvalue weighted by molar-refractivity contribution is -0.385. The third kappa shape index (κ3) is 2.91. The Labute approximate surface area is 121 Å². The van der Waals surface area contributed by atoms with Gasteiger partial charge in [-0.1, -0.05) is 24.1 Å². The third-order valence-corrected chi connectivity index (χ3v) is 4.01. The summed E-state index contributed by atoms with van der Waals surface area (Å²) in [5.74, 6) is -0.284. The molecule has 2 unspecified atom stereocenters. The van der Waals surface area contributed by atoms with Gasteiger partial charge in [0, 0.05) is 12.1 Å². The van der Waals surface area contributed by atoms with Crippen LogP contribution in [-0.4, -0.2) is 23.4 Å². The minimum absolute atomic E-state index is 0.0385. The molecule has 6 nitrogen and oxygen atoms in total. The van der Waals surface area contributed by atoms with Crippen LogP contribution in [0.4, 0.5) is 5.69 Å². The Kier molecular flexibility index (Phi) is 4.57. The van der Waals surface area contributed by atoms with Crippen LogP contribution >= 0.6 is 11.6 Å². The molecule has 0 radical (unpaired) electrons. The fourth-order valence-electron chi connectivity index (χ4n) is 2.64. The first-order valence-electron chi connectivity index (χ1n) is 6.48. The molecule has 1 amide bonds. The number of carbonyl (C=O) groups is 1. The van der Waals surface area contributed by atoms with Crippen LogP contribution in [0.25, 0.3) is 0 Å². The molecule has 2 rings (SSSR count). The number of carbonyl (C=O) groups excluding carboxylic acids is 1. The van der Waals surface area contributed by atoms with Gasteiger partial charge in [-0.15, -0.1) is 0 Å². The van der Waals surface area contributed by atoms with Crippen molar-refractivity contribution in [3.63, 3.8) is 0 Å². The first-order chi connectivity index (χ1) is 9.54. The fourth-order valence-corrected chi connectivity index (χ4v) is 2.89. The van der Waals surface area contributed by atoms with Crippen molar-refractivity contribution in [2.24, 2.45) is 11.7 Å². The van der Waals surface area contributed by atoms with Gasteiger partial charge in [0.05, 0.1) is 9.95 Å². The number of benzene rings is 1. The SMILES string of the molecule is NCC1CCCC1NC(=O)c1c(Cl)cccc1[N+](=O)[O-]. The summed E-state index contributed by atoms with van der Waals surface area (Å²) < 4.78 is 0. The summed E-state index contributed by atoms with van der Waals surface area (Å²) in [6, 6.07) is 4.16. The van der Waals surface area contributed by atoms with E-state index >= 15 is 0 Å². The summed E-state index contributed by atoms with van der Waals surface area (Å²) in [6.07, 6.45) is 2.80. The molecule has 7 heteroatoms. The Hall–Kier alpha value is -1.66. The Bertz CT molecular complexity index is 536. The quantitative estimate of drug-likeness (QED) is 0.657. The van der Waals surface area contributed by atoms with Gasteiger partial charge in [-0.05, 0) is 31.4 Å². The first kappa shape index (κ1) is 14.7. The highest BCUT2D eigenvalue weighted by atomic mass is 35.5. The van der Waals surface area contributed by atoms with Crippen molar-refractivity contribution in [2.75, 3.05) is 6.54 Å². The largest absolute Gasteiger partial charge is 0.349 e. The number of rotatable bonds is 4. The number of nitro groups is 1. The standard InChI is InChI=1S/C13H16ClN3O3/c14-9-4-2-6-11(17(19)20)12(9)13(18)16-10-5-1-3-8(10)7-15/h2,4,6,8,10H,1,3,5,7,15H2,(H,16,18). The molecule has 1 aromatic rings. The molecule has 1 fully saturated rings. The van der Waals surface area contributed by atoms with E-state index in [9.17, 15) is 14.9 Å². The van der Waals surface area contributed by atoms with Gasteiger partial charge in [-0.2, -0.15) is 0 Å². The number of nitro benzene ring substituents is 1. The number of nitrogens with two attached hydrogens (primary N) is 1. The van der Waals surface area contributed by atoms with E-state index in [4.69, 9.17) is 17.3 Å². The van der Waals surface area contributed by atoms with E-state index in [1.807, 2.05) is 0 Å². The second-order valence-electron chi connectivity index (χ2n) is 4.90. The molecule has 0 saturated heterocycles. The van der Waals surface area contributed by atoms with E-state index in [0.29, 0.717) is 6.54 Å². The molecule has 0 bridgehead atoms. The van der Waals surface area contributed by atoms with Crippen LogP contribution in [0.1, 0.15) is 29.6 Å². The van der Waals surface area contributed by atoms with Gasteiger partial charge < -0.3 is 11.1 Å². The van der Waals surface area contributed by atoms with Gasteiger partial charge >= 0.3 is 0 Å². The highest BCUT2D eigenvalue weighted by Gasteiger charge is 2.30. The summed E-state index contributed by atoms with van der Waals surface area (Å²) in [4.78, 5) is 22.6. The third-order valence-electron chi connectivity index (χ3n) is 3.69. The second-order valence-corrected chi connectivity index (χ2v) is 5.30. The zero-order valence-electron chi connectivity index (χ0n) is 10.8. The molecule has 108 valence electrons. The Morgan fingerprint density at radius 1 is 1.50 bits per heavy atom. The number of halogens is 1. The monoisotopic (exact) mass is 297 g/mol. The maximum Gasteiger partial charge on any atom is 0.283 e. The average molecular weight is 298 g/mol. The zero-order valence-corrected chi connectivity index (χ0v) is 11.6. The van der Waals surface area contributed by atoms with Crippen molar-refractivity contribution in [3.8, 4) is 0 Å². The second kappa shape index (κ2) is 6.19. The van der Waals surface area contributed by atoms with Crippen LogP contribution in [-0.2, 0) is 0 Å². The summed E-state index contributed by atoms with van der Waals surface area (Å²) in [5.41, 5.74) is 5.30. The van der Waals surface area contributed by atoms with Gasteiger partial charge in [-0.3, -0.25) is 14.9 Å². The maximum absolute atomic E-state index is 12.3. The highest BCUT2D eigenvalue weighted by Crippen LogP contribution is 2.28. The molecule has 1 aliphatic rings. The molecular formula is C13H16ClN3O3. The van der Waals surface area contributed by atoms with Gasteiger partial charge in [0.15, 0.2) is 0 Å². The smallest absolute Gasteiger partial charge is 0.283 e. The van der Waals surface area contributed by atoms with Crippen molar-refractivity contribution in [3.05, 3.63) is 38.9 Å². The molecule has 1 saturated carbocycles. The number of nitrogens with one attached hydrogen (secondary N) is 1. The molecule has 3 N–H and O–H groups in total. The predicted octanol–water partition coefficient (Wildman–Crippen LogP) is 2.11. The summed E-state index contributed by atoms with van der Waals surface area (Å²) in [5, 5.41) is 13.9. The number of amides is 1. The summed E-state index contributed by atoms with van der Waals surface area (Å²) in [7, 11) is 0. The normalized spacial score (nSPS) is 21.7. The molecule has 0 aromatic heterocycles. The molecule has 0 spiro atoms. The van der Waals surface area contributed by atoms with Gasteiger partial charge in [0.2, 0.25) is 0 Å². The molecule has 20 heavy (non-hydrogen) atoms. The molecule has 1 aliphatic carbocycles. The number of hydrogen-bond acceptors (Lipinski definition) is 4. The Balaban J connectivity index is 2.23. The van der Waals surface area contributed by atoms with E-state index < -0.39 is 10.8 Å². The fraction of sp³-hybridized carbons (Fsp3) is 0.462. The lowest BCUT2D eigenvalue weighted by Gasteiger charge is -2.19. The van der Waals surface area contributed by atoms with E-state index in [0.717, 1.165) is 19.3 Å². The van der Waals surface area contributed by atoms with Gasteiger partial charge in [0.25, 0.3) is 11.6 Å². The predicted molar refractivity (Wildman–Crippen MR) is 75.8 cm³/mol. The van der Waals surface area contributed by atoms with Crippen molar-refractivity contribution >= 4 is 23.2 Å². The molecule has 2 atom stereocenters. The summed E-state index contributed by atoms with van der Waals surface area (Å²) in [6.45, 7) is 0.496. The van der Waals surface area contributed by atoms with Crippen molar-refractivity contribution in [1.82, 2.24) is 5.32 Å². The zero-order chi connectivity index (χ0) is 14.7. The van der Waals surface area contributed by atoms with E-state index in [-0.39, 0.29) is 28.2 Å². The van der Waals surface area contributed by atoms with Crippen LogP contribution in [0.15, 0.2) is 18.2 Å². The molecule has 0 aliphatic heterocycles. The van der Waals surface area contributed by atoms with Crippen LogP contribution in [0, 0.1) is 16.0 Å². The highest BCUT2D eigenvalue weighted by molar-refractivity contribution is 6.34. The van der Waals surface area contributed by atoms with Crippen LogP contribution in [0.5, 0.6) is 0 Å². The lowest BCUT2D eigenvalue weighted by atomic mass is 10.0. The van der Waals surface area contributed by atoms with E-state index in [1.165, 1.54) is 18.2 Å². The lowest BCUT2D eigenvalue weighted by Crippen LogP contribution is -2.40. The van der Waals surface area contributed by atoms with Crippen molar-refractivity contribution in [1.29, 1.82) is 0 Å². The molecular weight excluding hydrogens is 282 g/mol. The van der Waals surface area contributed by atoms with Crippen LogP contribution in [0.3, 0.4) is 0 Å². The maximum atomic E-state index is 12.3. The van der Waals surface area contributed by atoms with Crippen LogP contribution < -0.4 is 11.1 Å². The average Bonchev–Trinajstić information content (AvgIpc) is 2.85. The summed E-state index contributed by atoms with van der Waals surface area (Å²) >= 11 is 5.93. The molecule has 0 heterocycles.